The Kier molecular flexibility index (Phi) is 7.26. The van der Waals surface area contributed by atoms with Crippen LogP contribution in [0.2, 0.25) is 0 Å². The molecular weight excluding hydrogens is 595 g/mol. The van der Waals surface area contributed by atoms with Crippen LogP contribution in [0.15, 0.2) is 36.5 Å². The van der Waals surface area contributed by atoms with Crippen LogP contribution in [0.1, 0.15) is 77.0 Å². The smallest absolute Gasteiger partial charge is 0.419 e. The van der Waals surface area contributed by atoms with Gasteiger partial charge in [0, 0.05) is 30.6 Å². The van der Waals surface area contributed by atoms with Gasteiger partial charge in [-0.3, -0.25) is 9.69 Å². The highest BCUT2D eigenvalue weighted by Crippen LogP contribution is 2.48. The normalized spacial score (nSPS) is 24.4. The van der Waals surface area contributed by atoms with Crippen molar-refractivity contribution in [1.29, 1.82) is 5.26 Å². The minimum atomic E-state index is -4.83. The quantitative estimate of drug-likeness (QED) is 0.362. The molecule has 3 saturated heterocycles. The van der Waals surface area contributed by atoms with Gasteiger partial charge < -0.3 is 19.3 Å². The number of anilines is 2. The minimum Gasteiger partial charge on any atom is -0.490 e. The molecule has 4 fully saturated rings. The Hall–Kier alpha value is -3.92. The van der Waals surface area contributed by atoms with Gasteiger partial charge in [0.1, 0.15) is 29.1 Å². The Morgan fingerprint density at radius 2 is 1.73 bits per heavy atom. The van der Waals surface area contributed by atoms with Crippen molar-refractivity contribution >= 4 is 40.7 Å². The van der Waals surface area contributed by atoms with Crippen LogP contribution in [0.4, 0.5) is 29.3 Å². The fraction of sp³-hybridized carbons (Fsp3) is 0.516. The molecule has 4 aliphatic rings. The number of thiocarbonyl (C=S) groups is 1. The first-order valence-electron chi connectivity index (χ1n) is 14.7. The minimum absolute atomic E-state index is 0.0501. The number of amides is 2. The number of carbonyl (C=O) groups is 2. The van der Waals surface area contributed by atoms with Crippen LogP contribution in [-0.2, 0) is 15.7 Å². The van der Waals surface area contributed by atoms with Crippen LogP contribution in [0, 0.1) is 11.3 Å². The number of nitrogens with zero attached hydrogens (tertiary/aromatic N) is 5. The lowest BCUT2D eigenvalue weighted by molar-refractivity contribution is -0.138. The maximum absolute atomic E-state index is 13.7. The highest BCUT2D eigenvalue weighted by atomic mass is 32.1. The Bertz CT molecular complexity index is 1530. The molecule has 0 N–H and O–H groups in total. The first kappa shape index (κ1) is 30.1. The number of carbonyl (C=O) groups excluding carboxylic acids is 2. The number of alkyl halides is 3. The Labute approximate surface area is 258 Å². The molecule has 1 aromatic heterocycles. The van der Waals surface area contributed by atoms with Crippen molar-refractivity contribution in [3.05, 3.63) is 47.8 Å². The highest BCUT2D eigenvalue weighted by molar-refractivity contribution is 7.81. The van der Waals surface area contributed by atoms with Crippen LogP contribution in [0.5, 0.6) is 5.75 Å². The summed E-state index contributed by atoms with van der Waals surface area (Å²) in [6, 6.07) is 9.50. The number of ether oxygens (including phenoxy) is 2. The van der Waals surface area contributed by atoms with Gasteiger partial charge in [0.25, 0.3) is 5.91 Å². The summed E-state index contributed by atoms with van der Waals surface area (Å²) in [6.07, 6.45) is 0.843. The van der Waals surface area contributed by atoms with Crippen LogP contribution in [-0.4, -0.2) is 56.3 Å². The predicted molar refractivity (Wildman–Crippen MR) is 158 cm³/mol. The van der Waals surface area contributed by atoms with Crippen molar-refractivity contribution in [2.24, 2.45) is 0 Å². The van der Waals surface area contributed by atoms with Crippen molar-refractivity contribution in [2.75, 3.05) is 9.80 Å². The van der Waals surface area contributed by atoms with E-state index in [1.54, 1.807) is 29.2 Å². The van der Waals surface area contributed by atoms with Crippen molar-refractivity contribution in [1.82, 2.24) is 9.88 Å². The number of halogens is 3. The second-order valence-electron chi connectivity index (χ2n) is 12.8. The van der Waals surface area contributed by atoms with Gasteiger partial charge in [0.2, 0.25) is 0 Å². The summed E-state index contributed by atoms with van der Waals surface area (Å²) in [5.74, 6) is 0.215. The number of fused-ring (bicyclic) bond motifs is 2. The Morgan fingerprint density at radius 1 is 1.09 bits per heavy atom. The van der Waals surface area contributed by atoms with Gasteiger partial charge in [-0.1, -0.05) is 0 Å². The zero-order valence-electron chi connectivity index (χ0n) is 24.6. The number of nitriles is 1. The SMILES string of the molecule is CC(C)(C)OC(=O)N1[C@@H]2CC[C@H]1CC(Oc1ccc(N3C(=S)N(c4cnc(C#N)c(C(F)(F)F)c4)C(=O)C34CCC4)cc1)C2. The molecule has 232 valence electrons. The lowest BCUT2D eigenvalue weighted by Crippen LogP contribution is -2.55. The van der Waals surface area contributed by atoms with Gasteiger partial charge in [0.15, 0.2) is 10.8 Å². The Morgan fingerprint density at radius 3 is 2.25 bits per heavy atom. The van der Waals surface area contributed by atoms with E-state index in [9.17, 15) is 22.8 Å². The molecule has 2 amide bonds. The molecule has 1 aromatic carbocycles. The molecule has 1 aliphatic carbocycles. The topological polar surface area (TPSA) is 99.0 Å². The molecule has 44 heavy (non-hydrogen) atoms. The van der Waals surface area contributed by atoms with E-state index in [1.807, 2.05) is 25.7 Å². The number of piperidine rings is 1. The van der Waals surface area contributed by atoms with Crippen molar-refractivity contribution < 1.29 is 32.2 Å². The zero-order valence-corrected chi connectivity index (χ0v) is 25.4. The van der Waals surface area contributed by atoms with Crippen LogP contribution >= 0.6 is 12.2 Å². The molecule has 1 saturated carbocycles. The average Bonchev–Trinajstić information content (AvgIpc) is 3.33. The van der Waals surface area contributed by atoms with E-state index in [0.29, 0.717) is 37.1 Å². The number of benzene rings is 1. The molecule has 0 radical (unpaired) electrons. The summed E-state index contributed by atoms with van der Waals surface area (Å²) in [6.45, 7) is 5.57. The molecule has 2 aromatic rings. The number of pyridine rings is 1. The molecule has 9 nitrogen and oxygen atoms in total. The van der Waals surface area contributed by atoms with Gasteiger partial charge >= 0.3 is 12.3 Å². The van der Waals surface area contributed by atoms with Crippen LogP contribution < -0.4 is 14.5 Å². The Balaban J connectivity index is 1.19. The van der Waals surface area contributed by atoms with E-state index in [1.165, 1.54) is 6.07 Å². The van der Waals surface area contributed by atoms with E-state index >= 15 is 0 Å². The van der Waals surface area contributed by atoms with E-state index in [-0.39, 0.29) is 35.1 Å². The number of rotatable bonds is 4. The third-order valence-electron chi connectivity index (χ3n) is 8.83. The number of hydrogen-bond acceptors (Lipinski definition) is 7. The van der Waals surface area contributed by atoms with Gasteiger partial charge in [-0.25, -0.2) is 9.78 Å². The van der Waals surface area contributed by atoms with Crippen molar-refractivity contribution in [3.8, 4) is 11.8 Å². The molecular formula is C31H32F3N5O4S. The molecule has 1 unspecified atom stereocenters. The van der Waals surface area contributed by atoms with Crippen molar-refractivity contribution in [3.63, 3.8) is 0 Å². The van der Waals surface area contributed by atoms with Crippen LogP contribution in [0.25, 0.3) is 0 Å². The van der Waals surface area contributed by atoms with E-state index in [2.05, 4.69) is 4.98 Å². The summed E-state index contributed by atoms with van der Waals surface area (Å²) in [7, 11) is 0. The monoisotopic (exact) mass is 627 g/mol. The predicted octanol–water partition coefficient (Wildman–Crippen LogP) is 6.34. The third kappa shape index (κ3) is 5.12. The summed E-state index contributed by atoms with van der Waals surface area (Å²) in [4.78, 5) is 34.9. The average molecular weight is 628 g/mol. The maximum Gasteiger partial charge on any atom is 0.419 e. The third-order valence-corrected chi connectivity index (χ3v) is 9.19. The zero-order chi connectivity index (χ0) is 31.6. The summed E-state index contributed by atoms with van der Waals surface area (Å²) in [5, 5.41) is 9.18. The highest BCUT2D eigenvalue weighted by Gasteiger charge is 2.60. The molecule has 13 heteroatoms. The lowest BCUT2D eigenvalue weighted by atomic mass is 9.75. The molecule has 1 spiro atoms. The molecule has 2 bridgehead atoms. The maximum atomic E-state index is 13.7. The van der Waals surface area contributed by atoms with E-state index in [0.717, 1.165) is 36.4 Å². The standard InChI is InChI=1S/C31H32F3N5O4S/c1-29(2,3)43-28(41)37-19-5-6-20(37)14-23(13-19)42-22-9-7-18(8-10-22)39-27(44)38(26(40)30(39)11-4-12-30)21-15-24(31(32,33)34)25(16-35)36-17-21/h7-10,15,17,19-20,23H,4-6,11-14H2,1-3H3/t19-,20+,23?. The molecule has 3 atom stereocenters. The largest absolute Gasteiger partial charge is 0.490 e. The van der Waals surface area contributed by atoms with E-state index in [4.69, 9.17) is 27.0 Å². The fourth-order valence-corrected chi connectivity index (χ4v) is 7.26. The molecule has 3 aliphatic heterocycles. The van der Waals surface area contributed by atoms with E-state index < -0.39 is 34.5 Å². The molecule has 6 rings (SSSR count). The van der Waals surface area contributed by atoms with Crippen molar-refractivity contribution in [2.45, 2.75) is 101 Å². The van der Waals surface area contributed by atoms with Crippen LogP contribution in [0.3, 0.4) is 0 Å². The first-order valence-corrected chi connectivity index (χ1v) is 15.1. The molecule has 4 heterocycles. The van der Waals surface area contributed by atoms with Gasteiger partial charge in [-0.2, -0.15) is 18.4 Å². The summed E-state index contributed by atoms with van der Waals surface area (Å²) in [5.41, 5.74) is -3.06. The second-order valence-corrected chi connectivity index (χ2v) is 13.2. The van der Waals surface area contributed by atoms with Gasteiger partial charge in [-0.05, 0) is 95.4 Å². The van der Waals surface area contributed by atoms with Gasteiger partial charge in [-0.15, -0.1) is 0 Å². The van der Waals surface area contributed by atoms with Gasteiger partial charge in [0.05, 0.1) is 17.4 Å². The summed E-state index contributed by atoms with van der Waals surface area (Å²) >= 11 is 5.69. The summed E-state index contributed by atoms with van der Waals surface area (Å²) < 4.78 is 52.9. The fourth-order valence-electron chi connectivity index (χ4n) is 6.79. The lowest BCUT2D eigenvalue weighted by Gasteiger charge is -2.43. The number of aromatic nitrogens is 1. The second kappa shape index (κ2) is 10.6. The number of hydrogen-bond donors (Lipinski definition) is 0. The first-order chi connectivity index (χ1) is 20.7.